The van der Waals surface area contributed by atoms with Crippen LogP contribution in [0.5, 0.6) is 0 Å². The maximum absolute atomic E-state index is 13.8. The van der Waals surface area contributed by atoms with Crippen molar-refractivity contribution in [1.29, 1.82) is 0 Å². The van der Waals surface area contributed by atoms with Gasteiger partial charge in [-0.3, -0.25) is 9.59 Å². The van der Waals surface area contributed by atoms with Gasteiger partial charge in [-0.2, -0.15) is 0 Å². The minimum atomic E-state index is -0.948. The summed E-state index contributed by atoms with van der Waals surface area (Å²) in [6, 6.07) is 3.78. The number of carbonyl (C=O) groups excluding carboxylic acids is 1. The molecule has 0 saturated heterocycles. The summed E-state index contributed by atoms with van der Waals surface area (Å²) in [5, 5.41) is 9.03. The number of benzene rings is 1. The molecule has 1 N–H and O–H groups in total. The lowest BCUT2D eigenvalue weighted by Crippen LogP contribution is -2.39. The molecule has 1 aromatic carbocycles. The van der Waals surface area contributed by atoms with Crippen LogP contribution in [0.15, 0.2) is 18.2 Å². The number of carbonyl (C=O) groups is 2. The second kappa shape index (κ2) is 5.91. The standard InChI is InChI=1S/C17H19F2NO3/c1-9(17(22)23)8-20(10-5-6-10)16(21)12-7-11(12)15-13(18)3-2-4-14(15)19/h2-4,9-12H,5-8H2,1H3,(H,22,23)/t9-,11-,12+/m1/s1. The Balaban J connectivity index is 1.72. The van der Waals surface area contributed by atoms with Gasteiger partial charge in [-0.15, -0.1) is 0 Å². The van der Waals surface area contributed by atoms with Crippen LogP contribution in [0.4, 0.5) is 8.78 Å². The smallest absolute Gasteiger partial charge is 0.308 e. The Kier molecular flexibility index (Phi) is 4.08. The molecule has 2 aliphatic carbocycles. The minimum Gasteiger partial charge on any atom is -0.481 e. The molecule has 23 heavy (non-hydrogen) atoms. The fourth-order valence-corrected chi connectivity index (χ4v) is 3.04. The predicted octanol–water partition coefficient (Wildman–Crippen LogP) is 2.78. The largest absolute Gasteiger partial charge is 0.481 e. The number of amides is 1. The molecule has 0 aromatic heterocycles. The van der Waals surface area contributed by atoms with Gasteiger partial charge >= 0.3 is 5.97 Å². The first-order chi connectivity index (χ1) is 10.9. The van der Waals surface area contributed by atoms with Gasteiger partial charge in [-0.05, 0) is 31.4 Å². The third-order valence-electron chi connectivity index (χ3n) is 4.64. The number of carboxylic acid groups (broad SMARTS) is 1. The topological polar surface area (TPSA) is 57.6 Å². The van der Waals surface area contributed by atoms with E-state index in [2.05, 4.69) is 0 Å². The molecule has 0 heterocycles. The Hall–Kier alpha value is -1.98. The molecule has 2 saturated carbocycles. The second-order valence-corrected chi connectivity index (χ2v) is 6.55. The third kappa shape index (κ3) is 3.21. The van der Waals surface area contributed by atoms with E-state index in [0.29, 0.717) is 6.42 Å². The molecule has 1 aromatic rings. The summed E-state index contributed by atoms with van der Waals surface area (Å²) in [6.45, 7) is 1.72. The van der Waals surface area contributed by atoms with Crippen molar-refractivity contribution < 1.29 is 23.5 Å². The zero-order valence-electron chi connectivity index (χ0n) is 12.8. The van der Waals surface area contributed by atoms with Crippen LogP contribution in [0.2, 0.25) is 0 Å². The number of carboxylic acids is 1. The van der Waals surface area contributed by atoms with Crippen molar-refractivity contribution in [3.8, 4) is 0 Å². The molecule has 2 aliphatic rings. The van der Waals surface area contributed by atoms with Gasteiger partial charge in [0.05, 0.1) is 5.92 Å². The van der Waals surface area contributed by atoms with Crippen LogP contribution < -0.4 is 0 Å². The number of aliphatic carboxylic acids is 1. The summed E-state index contributed by atoms with van der Waals surface area (Å²) >= 11 is 0. The van der Waals surface area contributed by atoms with E-state index in [9.17, 15) is 18.4 Å². The minimum absolute atomic E-state index is 0.0205. The average molecular weight is 323 g/mol. The van der Waals surface area contributed by atoms with Crippen LogP contribution in [-0.2, 0) is 9.59 Å². The molecule has 0 aliphatic heterocycles. The van der Waals surface area contributed by atoms with Crippen LogP contribution in [0.1, 0.15) is 37.7 Å². The van der Waals surface area contributed by atoms with E-state index in [4.69, 9.17) is 5.11 Å². The maximum Gasteiger partial charge on any atom is 0.308 e. The monoisotopic (exact) mass is 323 g/mol. The first-order valence-electron chi connectivity index (χ1n) is 7.87. The summed E-state index contributed by atoms with van der Waals surface area (Å²) in [6.07, 6.45) is 2.15. The van der Waals surface area contributed by atoms with Gasteiger partial charge < -0.3 is 10.0 Å². The maximum atomic E-state index is 13.8. The van der Waals surface area contributed by atoms with E-state index in [-0.39, 0.29) is 24.1 Å². The molecule has 0 radical (unpaired) electrons. The molecule has 124 valence electrons. The van der Waals surface area contributed by atoms with Crippen LogP contribution in [0.25, 0.3) is 0 Å². The highest BCUT2D eigenvalue weighted by Crippen LogP contribution is 2.51. The fraction of sp³-hybridized carbons (Fsp3) is 0.529. The quantitative estimate of drug-likeness (QED) is 0.876. The molecule has 3 rings (SSSR count). The molecule has 3 atom stereocenters. The summed E-state index contributed by atoms with van der Waals surface area (Å²) in [4.78, 5) is 25.3. The Bertz CT molecular complexity index is 624. The van der Waals surface area contributed by atoms with E-state index >= 15 is 0 Å². The highest BCUT2D eigenvalue weighted by Gasteiger charge is 2.50. The molecule has 2 fully saturated rings. The Morgan fingerprint density at radius 1 is 1.30 bits per heavy atom. The molecular formula is C17H19F2NO3. The van der Waals surface area contributed by atoms with Crippen molar-refractivity contribution >= 4 is 11.9 Å². The van der Waals surface area contributed by atoms with Crippen LogP contribution >= 0.6 is 0 Å². The number of hydrogen-bond acceptors (Lipinski definition) is 2. The zero-order valence-corrected chi connectivity index (χ0v) is 12.8. The number of rotatable bonds is 6. The lowest BCUT2D eigenvalue weighted by atomic mass is 10.1. The molecule has 1 amide bonds. The zero-order chi connectivity index (χ0) is 16.7. The fourth-order valence-electron chi connectivity index (χ4n) is 3.04. The Morgan fingerprint density at radius 3 is 2.43 bits per heavy atom. The van der Waals surface area contributed by atoms with Gasteiger partial charge in [0.1, 0.15) is 11.6 Å². The Labute approximate surface area is 133 Å². The predicted molar refractivity (Wildman–Crippen MR) is 78.7 cm³/mol. The summed E-state index contributed by atoms with van der Waals surface area (Å²) in [7, 11) is 0. The van der Waals surface area contributed by atoms with Crippen LogP contribution in [0, 0.1) is 23.5 Å². The van der Waals surface area contributed by atoms with Gasteiger partial charge in [-0.25, -0.2) is 8.78 Å². The second-order valence-electron chi connectivity index (χ2n) is 6.55. The molecular weight excluding hydrogens is 304 g/mol. The van der Waals surface area contributed by atoms with Gasteiger partial charge in [0.2, 0.25) is 5.91 Å². The van der Waals surface area contributed by atoms with E-state index in [0.717, 1.165) is 12.8 Å². The van der Waals surface area contributed by atoms with Crippen LogP contribution in [-0.4, -0.2) is 34.5 Å². The SMILES string of the molecule is C[C@H](CN(C(=O)[C@H]1C[C@H]1c1c(F)cccc1F)C1CC1)C(=O)O. The van der Waals surface area contributed by atoms with E-state index < -0.39 is 35.4 Å². The van der Waals surface area contributed by atoms with Gasteiger partial charge in [0, 0.05) is 30.0 Å². The number of halogens is 2. The summed E-state index contributed by atoms with van der Waals surface area (Å²) in [5.41, 5.74) is -0.0205. The van der Waals surface area contributed by atoms with Gasteiger partial charge in [0.25, 0.3) is 0 Å². The molecule has 0 unspecified atom stereocenters. The van der Waals surface area contributed by atoms with Crippen LogP contribution in [0.3, 0.4) is 0 Å². The molecule has 4 nitrogen and oxygen atoms in total. The van der Waals surface area contributed by atoms with Crippen molar-refractivity contribution in [3.05, 3.63) is 35.4 Å². The normalized spacial score (nSPS) is 24.1. The van der Waals surface area contributed by atoms with Gasteiger partial charge in [-0.1, -0.05) is 13.0 Å². The van der Waals surface area contributed by atoms with Crippen molar-refractivity contribution in [3.63, 3.8) is 0 Å². The van der Waals surface area contributed by atoms with Crippen molar-refractivity contribution in [2.75, 3.05) is 6.54 Å². The number of hydrogen-bond donors (Lipinski definition) is 1. The lowest BCUT2D eigenvalue weighted by molar-refractivity contribution is -0.143. The van der Waals surface area contributed by atoms with E-state index in [1.165, 1.54) is 18.2 Å². The van der Waals surface area contributed by atoms with Gasteiger partial charge in [0.15, 0.2) is 0 Å². The van der Waals surface area contributed by atoms with Crippen molar-refractivity contribution in [2.24, 2.45) is 11.8 Å². The summed E-state index contributed by atoms with van der Waals surface area (Å²) < 4.78 is 27.6. The highest BCUT2D eigenvalue weighted by molar-refractivity contribution is 5.84. The van der Waals surface area contributed by atoms with Crippen molar-refractivity contribution in [2.45, 2.75) is 38.1 Å². The van der Waals surface area contributed by atoms with E-state index in [1.807, 2.05) is 0 Å². The first-order valence-corrected chi connectivity index (χ1v) is 7.87. The third-order valence-corrected chi connectivity index (χ3v) is 4.64. The molecule has 0 spiro atoms. The van der Waals surface area contributed by atoms with Crippen molar-refractivity contribution in [1.82, 2.24) is 4.90 Å². The van der Waals surface area contributed by atoms with E-state index in [1.54, 1.807) is 11.8 Å². The average Bonchev–Trinajstić information content (AvgIpc) is 3.36. The lowest BCUT2D eigenvalue weighted by Gasteiger charge is -2.24. The molecule has 0 bridgehead atoms. The Morgan fingerprint density at radius 2 is 1.91 bits per heavy atom. The first kappa shape index (κ1) is 15.9. The highest BCUT2D eigenvalue weighted by atomic mass is 19.1. The number of nitrogens with zero attached hydrogens (tertiary/aromatic N) is 1. The summed E-state index contributed by atoms with van der Waals surface area (Å²) in [5.74, 6) is -3.90. The molecule has 6 heteroatoms.